The molecule has 32 heteroatoms. The van der Waals surface area contributed by atoms with Gasteiger partial charge in [-0.2, -0.15) is 0 Å². The number of nitrogens with two attached hydrogens (primary N) is 3. The van der Waals surface area contributed by atoms with Crippen LogP contribution in [0.5, 0.6) is 5.75 Å². The zero-order chi connectivity index (χ0) is 68.1. The van der Waals surface area contributed by atoms with Crippen LogP contribution in [0.3, 0.4) is 0 Å². The molecule has 11 atom stereocenters. The number of carboxylic acids is 1. The molecule has 1 fully saturated rings. The molecule has 11 amide bonds. The maximum Gasteiger partial charge on any atom is 0.328 e. The summed E-state index contributed by atoms with van der Waals surface area (Å²) in [6, 6.07) is 5.59. The first kappa shape index (κ1) is 73.8. The molecule has 21 N–H and O–H groups in total. The first-order valence-electron chi connectivity index (χ1n) is 30.1. The maximum atomic E-state index is 14.9. The summed E-state index contributed by atoms with van der Waals surface area (Å²) >= 11 is 0. The van der Waals surface area contributed by atoms with Gasteiger partial charge in [-0.1, -0.05) is 79.2 Å². The fourth-order valence-electron chi connectivity index (χ4n) is 9.87. The quantitative estimate of drug-likeness (QED) is 0.0186. The maximum absolute atomic E-state index is 14.9. The van der Waals surface area contributed by atoms with E-state index >= 15 is 0 Å². The van der Waals surface area contributed by atoms with E-state index in [-0.39, 0.29) is 50.8 Å². The van der Waals surface area contributed by atoms with Crippen molar-refractivity contribution in [2.24, 2.45) is 17.2 Å². The molecule has 0 bridgehead atoms. The molecular weight excluding hydrogens is 1210 g/mol. The summed E-state index contributed by atoms with van der Waals surface area (Å²) < 4.78 is 0. The smallest absolute Gasteiger partial charge is 0.328 e. The second-order valence-electron chi connectivity index (χ2n) is 22.2. The number of aliphatic carboxylic acids is 1. The Morgan fingerprint density at radius 1 is 0.559 bits per heavy atom. The third-order valence-corrected chi connectivity index (χ3v) is 15.1. The molecule has 32 nitrogen and oxygen atoms in total. The highest BCUT2D eigenvalue weighted by molar-refractivity contribution is 5.99. The molecule has 0 saturated carbocycles. The molecule has 4 aromatic rings. The largest absolute Gasteiger partial charge is 0.508 e. The lowest BCUT2D eigenvalue weighted by molar-refractivity contribution is -0.143. The Hall–Kier alpha value is -9.89. The number of hydrogen-bond acceptors (Lipinski definition) is 19. The van der Waals surface area contributed by atoms with Crippen molar-refractivity contribution in [2.75, 3.05) is 32.9 Å². The number of carbonyl (C=O) groups is 12. The number of H-pyrrole nitrogens is 1. The van der Waals surface area contributed by atoms with E-state index in [2.05, 4.69) is 52.5 Å². The summed E-state index contributed by atoms with van der Waals surface area (Å²) in [6.07, 6.45) is 3.03. The number of primary amides is 1. The standard InChI is InChI=1S/C61H83N15O17/c1-34(51(82)75-48(32-79)61(92)93)67-57(88)46(30-77)73-55(86)43(26-37-17-19-39(80)20-18-37)71-58(89)47(31-78)74-54(85)42(25-35-11-4-2-5-12-35)70-53(84)41(21-22-50(64)81)68-59(90)49-16-10-24-76(49)60(91)45(27-36-13-6-3-7-14-36)72-56(87)44(28-38-29-65-33-66-38)69-52(83)40(63)15-8-9-23-62/h2-7,11-14,17-20,29,33-34,40-49,77-80H,8-10,15-16,21-28,30-32,62-63H2,1H3,(H2,64,81)(H,65,66)(H,67,88)(H,68,90)(H,69,83)(H,70,84)(H,71,89)(H,72,87)(H,73,86)(H,74,85)(H,75,82)(H,92,93)/t34-,40-,41-,42-,43-,44-,45-,46-,47-,48-,49-/m0/s1. The van der Waals surface area contributed by atoms with Crippen molar-refractivity contribution in [3.63, 3.8) is 0 Å². The molecule has 0 aliphatic carbocycles. The first-order chi connectivity index (χ1) is 44.4. The van der Waals surface area contributed by atoms with E-state index in [0.29, 0.717) is 48.2 Å². The number of benzene rings is 3. The number of unbranched alkanes of at least 4 members (excludes halogenated alkanes) is 1. The Morgan fingerprint density at radius 3 is 1.53 bits per heavy atom. The fourth-order valence-corrected chi connectivity index (χ4v) is 9.87. The van der Waals surface area contributed by atoms with Crippen molar-refractivity contribution < 1.29 is 83.1 Å². The number of aromatic amines is 1. The number of nitrogens with one attached hydrogen (secondary N) is 10. The highest BCUT2D eigenvalue weighted by Crippen LogP contribution is 2.21. The highest BCUT2D eigenvalue weighted by atomic mass is 16.4. The van der Waals surface area contributed by atoms with Crippen LogP contribution in [0.2, 0.25) is 0 Å². The van der Waals surface area contributed by atoms with E-state index in [9.17, 15) is 83.1 Å². The van der Waals surface area contributed by atoms with Gasteiger partial charge in [-0.15, -0.1) is 0 Å². The summed E-state index contributed by atoms with van der Waals surface area (Å²) in [4.78, 5) is 172. The normalized spacial score (nSPS) is 15.9. The number of aromatic nitrogens is 2. The number of hydrogen-bond donors (Lipinski definition) is 18. The summed E-state index contributed by atoms with van der Waals surface area (Å²) in [5, 5.41) is 71.1. The van der Waals surface area contributed by atoms with E-state index in [1.165, 1.54) is 41.7 Å². The van der Waals surface area contributed by atoms with Crippen LogP contribution in [-0.2, 0) is 83.2 Å². The van der Waals surface area contributed by atoms with Crippen molar-refractivity contribution in [1.82, 2.24) is 62.7 Å². The number of nitrogens with zero attached hydrogens (tertiary/aromatic N) is 2. The Kier molecular flexibility index (Phi) is 29.7. The van der Waals surface area contributed by atoms with E-state index in [0.717, 1.165) is 6.92 Å². The Bertz CT molecular complexity index is 3160. The van der Waals surface area contributed by atoms with Gasteiger partial charge in [0.2, 0.25) is 65.0 Å². The number of amides is 11. The molecule has 1 aliphatic heterocycles. The van der Waals surface area contributed by atoms with Gasteiger partial charge >= 0.3 is 5.97 Å². The molecule has 3 aromatic carbocycles. The Balaban J connectivity index is 1.36. The minimum atomic E-state index is -1.88. The van der Waals surface area contributed by atoms with Crippen LogP contribution in [0, 0.1) is 0 Å². The number of carbonyl (C=O) groups excluding carboxylic acids is 11. The van der Waals surface area contributed by atoms with E-state index < -0.39 is 170 Å². The van der Waals surface area contributed by atoms with E-state index in [1.807, 2.05) is 5.32 Å². The molecule has 0 radical (unpaired) electrons. The van der Waals surface area contributed by atoms with Crippen LogP contribution in [0.4, 0.5) is 0 Å². The highest BCUT2D eigenvalue weighted by Gasteiger charge is 2.41. The summed E-state index contributed by atoms with van der Waals surface area (Å²) in [5.41, 5.74) is 19.2. The molecule has 1 aliphatic rings. The molecule has 93 heavy (non-hydrogen) atoms. The lowest BCUT2D eigenvalue weighted by Crippen LogP contribution is -2.61. The number of imidazole rings is 1. The van der Waals surface area contributed by atoms with Gasteiger partial charge in [0.1, 0.15) is 66.2 Å². The number of phenols is 1. The van der Waals surface area contributed by atoms with Crippen LogP contribution < -0.4 is 65.1 Å². The van der Waals surface area contributed by atoms with Crippen molar-refractivity contribution in [2.45, 2.75) is 144 Å². The second kappa shape index (κ2) is 37.4. The third-order valence-electron chi connectivity index (χ3n) is 15.1. The van der Waals surface area contributed by atoms with Gasteiger partial charge in [0.25, 0.3) is 0 Å². The average molecular weight is 1300 g/mol. The SMILES string of the molecule is C[C@H](NC(=O)[C@H](CO)NC(=O)[C@H](Cc1ccc(O)cc1)NC(=O)[C@H](CO)NC(=O)[C@H](Cc1ccccc1)NC(=O)[C@H](CCC(N)=O)NC(=O)[C@@H]1CCCN1C(=O)[C@H](Cc1ccccc1)NC(=O)[C@H](Cc1cnc[nH]1)NC(=O)[C@@H](N)CCCCN)C(=O)N[C@@H](CO)C(=O)O. The lowest BCUT2D eigenvalue weighted by Gasteiger charge is -2.31. The molecule has 0 unspecified atom stereocenters. The number of aromatic hydroxyl groups is 1. The topological polar surface area (TPSA) is 524 Å². The minimum absolute atomic E-state index is 0.0245. The summed E-state index contributed by atoms with van der Waals surface area (Å²) in [6.45, 7) is -1.60. The predicted octanol–water partition coefficient (Wildman–Crippen LogP) is -5.46. The molecule has 1 aromatic heterocycles. The van der Waals surface area contributed by atoms with Gasteiger partial charge in [-0.3, -0.25) is 52.7 Å². The van der Waals surface area contributed by atoms with Crippen molar-refractivity contribution in [3.8, 4) is 5.75 Å². The lowest BCUT2D eigenvalue weighted by atomic mass is 10.0. The minimum Gasteiger partial charge on any atom is -0.508 e. The van der Waals surface area contributed by atoms with Gasteiger partial charge in [-0.05, 0) is 74.4 Å². The van der Waals surface area contributed by atoms with E-state index in [4.69, 9.17) is 17.2 Å². The van der Waals surface area contributed by atoms with Crippen molar-refractivity contribution in [1.29, 1.82) is 0 Å². The molecule has 5 rings (SSSR count). The Labute approximate surface area is 534 Å². The van der Waals surface area contributed by atoms with E-state index in [1.54, 1.807) is 60.7 Å². The number of aliphatic hydroxyl groups excluding tert-OH is 3. The van der Waals surface area contributed by atoms with Gasteiger partial charge in [-0.25, -0.2) is 9.78 Å². The molecular formula is C61H83N15O17. The number of phenolic OH excluding ortho intramolecular Hbond substituents is 1. The molecule has 2 heterocycles. The number of aliphatic hydroxyl groups is 3. The number of rotatable bonds is 38. The van der Waals surface area contributed by atoms with Crippen LogP contribution in [0.25, 0.3) is 0 Å². The van der Waals surface area contributed by atoms with Crippen LogP contribution in [-0.4, -0.2) is 211 Å². The predicted molar refractivity (Wildman–Crippen MR) is 330 cm³/mol. The molecule has 0 spiro atoms. The molecule has 1 saturated heterocycles. The zero-order valence-electron chi connectivity index (χ0n) is 51.2. The Morgan fingerprint density at radius 2 is 1.02 bits per heavy atom. The summed E-state index contributed by atoms with van der Waals surface area (Å²) in [5.74, 6) is -12.1. The van der Waals surface area contributed by atoms with Gasteiger partial charge in [0.05, 0.1) is 32.2 Å². The number of carboxylic acid groups (broad SMARTS) is 1. The first-order valence-corrected chi connectivity index (χ1v) is 30.1. The van der Waals surface area contributed by atoms with Gasteiger partial charge in [0, 0.05) is 50.5 Å². The average Bonchev–Trinajstić information content (AvgIpc) is 1.78. The second-order valence-corrected chi connectivity index (χ2v) is 22.2. The van der Waals surface area contributed by atoms with Crippen molar-refractivity contribution in [3.05, 3.63) is 120 Å². The van der Waals surface area contributed by atoms with Crippen molar-refractivity contribution >= 4 is 70.9 Å². The third kappa shape index (κ3) is 23.7. The van der Waals surface area contributed by atoms with Crippen LogP contribution >= 0.6 is 0 Å². The van der Waals surface area contributed by atoms with Crippen LogP contribution in [0.1, 0.15) is 74.3 Å². The molecule has 504 valence electrons. The monoisotopic (exact) mass is 1300 g/mol. The fraction of sp³-hybridized carbons (Fsp3) is 0.459. The van der Waals surface area contributed by atoms with Gasteiger partial charge in [0.15, 0.2) is 0 Å². The summed E-state index contributed by atoms with van der Waals surface area (Å²) in [7, 11) is 0. The van der Waals surface area contributed by atoms with Gasteiger partial charge < -0.3 is 100 Å². The number of likely N-dealkylation sites (tertiary alicyclic amines) is 1. The van der Waals surface area contributed by atoms with Crippen LogP contribution in [0.15, 0.2) is 97.5 Å². The zero-order valence-corrected chi connectivity index (χ0v) is 51.2.